The maximum atomic E-state index is 11.0. The molecule has 2 heteroatoms. The molecule has 0 aromatic heterocycles. The molecule has 1 saturated heterocycles. The molecule has 2 nitrogen and oxygen atoms in total. The van der Waals surface area contributed by atoms with Gasteiger partial charge in [-0.2, -0.15) is 0 Å². The highest BCUT2D eigenvalue weighted by Crippen LogP contribution is 2.44. The van der Waals surface area contributed by atoms with Gasteiger partial charge in [0.25, 0.3) is 0 Å². The summed E-state index contributed by atoms with van der Waals surface area (Å²) in [6, 6.07) is 0. The van der Waals surface area contributed by atoms with E-state index in [1.165, 1.54) is 11.1 Å². The van der Waals surface area contributed by atoms with Crippen molar-refractivity contribution in [2.24, 2.45) is 17.8 Å². The second kappa shape index (κ2) is 7.14. The fraction of sp³-hybridized carbons (Fsp3) is 0.700. The van der Waals surface area contributed by atoms with Crippen LogP contribution in [0.1, 0.15) is 60.3 Å². The Balaban J connectivity index is 2.25. The van der Waals surface area contributed by atoms with Crippen LogP contribution in [0.5, 0.6) is 0 Å². The van der Waals surface area contributed by atoms with Crippen molar-refractivity contribution in [2.45, 2.75) is 72.2 Å². The van der Waals surface area contributed by atoms with E-state index in [9.17, 15) is 5.11 Å². The largest absolute Gasteiger partial charge is 0.362 e. The first-order valence-corrected chi connectivity index (χ1v) is 8.74. The number of rotatable bonds is 2. The number of hydrogen-bond donors (Lipinski definition) is 1. The van der Waals surface area contributed by atoms with Crippen LogP contribution in [0.2, 0.25) is 0 Å². The molecule has 1 aliphatic carbocycles. The van der Waals surface area contributed by atoms with Crippen LogP contribution in [-0.4, -0.2) is 17.0 Å². The van der Waals surface area contributed by atoms with Crippen molar-refractivity contribution >= 4 is 0 Å². The molecule has 0 bridgehead atoms. The molecule has 0 amide bonds. The van der Waals surface area contributed by atoms with Crippen molar-refractivity contribution < 1.29 is 9.84 Å². The number of ether oxygens (including phenoxy) is 1. The standard InChI is InChI=1S/C20H32O2/c1-14(2)11-12-20(21)17(5)18-10-9-15(3)7-6-8-16(4)13-19(18)22-20/h7,11-14,17-19,21H,6,8-10H2,1-5H3/b12-11+,15-7+,16-13+/t17-,18-,19-,20+/m1/s1. The first-order chi connectivity index (χ1) is 10.3. The van der Waals surface area contributed by atoms with E-state index < -0.39 is 5.79 Å². The van der Waals surface area contributed by atoms with E-state index in [0.717, 1.165) is 25.7 Å². The van der Waals surface area contributed by atoms with Gasteiger partial charge in [-0.1, -0.05) is 50.1 Å². The zero-order valence-electron chi connectivity index (χ0n) is 14.8. The molecule has 1 aliphatic heterocycles. The maximum absolute atomic E-state index is 11.0. The van der Waals surface area contributed by atoms with Crippen LogP contribution in [0, 0.1) is 17.8 Å². The Hall–Kier alpha value is -0.860. The van der Waals surface area contributed by atoms with Crippen molar-refractivity contribution in [3.05, 3.63) is 35.5 Å². The van der Waals surface area contributed by atoms with Gasteiger partial charge in [-0.25, -0.2) is 0 Å². The van der Waals surface area contributed by atoms with E-state index in [1.807, 2.05) is 6.08 Å². The minimum atomic E-state index is -1.12. The molecule has 1 heterocycles. The summed E-state index contributed by atoms with van der Waals surface area (Å²) in [6.45, 7) is 10.8. The molecule has 1 fully saturated rings. The Bertz CT molecular complexity index is 472. The maximum Gasteiger partial charge on any atom is 0.188 e. The third-order valence-corrected chi connectivity index (χ3v) is 5.11. The highest BCUT2D eigenvalue weighted by atomic mass is 16.6. The predicted molar refractivity (Wildman–Crippen MR) is 92.4 cm³/mol. The van der Waals surface area contributed by atoms with Gasteiger partial charge >= 0.3 is 0 Å². The Labute approximate surface area is 136 Å². The Kier molecular flexibility index (Phi) is 5.68. The van der Waals surface area contributed by atoms with Crippen molar-refractivity contribution in [2.75, 3.05) is 0 Å². The van der Waals surface area contributed by atoms with Gasteiger partial charge in [0.05, 0.1) is 6.10 Å². The third kappa shape index (κ3) is 4.11. The number of allylic oxidation sites excluding steroid dienone is 4. The van der Waals surface area contributed by atoms with Crippen molar-refractivity contribution in [1.82, 2.24) is 0 Å². The fourth-order valence-corrected chi connectivity index (χ4v) is 3.50. The normalized spacial score (nSPS) is 41.9. The van der Waals surface area contributed by atoms with Crippen LogP contribution in [0.15, 0.2) is 35.5 Å². The average Bonchev–Trinajstić information content (AvgIpc) is 2.66. The van der Waals surface area contributed by atoms with E-state index in [1.54, 1.807) is 0 Å². The predicted octanol–water partition coefficient (Wildman–Crippen LogP) is 5.00. The van der Waals surface area contributed by atoms with Crippen molar-refractivity contribution in [3.8, 4) is 0 Å². The molecule has 1 N–H and O–H groups in total. The lowest BCUT2D eigenvalue weighted by atomic mass is 9.81. The summed E-state index contributed by atoms with van der Waals surface area (Å²) in [4.78, 5) is 0. The SMILES string of the molecule is C/C1=C\[C@H]2O[C@@](O)(/C=C/C(C)C)[C@H](C)[C@H]2CC/C(C)=C/CC1. The molecule has 0 aromatic carbocycles. The summed E-state index contributed by atoms with van der Waals surface area (Å²) in [6.07, 6.45) is 12.9. The molecule has 22 heavy (non-hydrogen) atoms. The van der Waals surface area contributed by atoms with E-state index in [2.05, 4.69) is 52.8 Å². The Morgan fingerprint density at radius 2 is 2.00 bits per heavy atom. The summed E-state index contributed by atoms with van der Waals surface area (Å²) in [5.74, 6) is -0.217. The molecule has 2 aliphatic rings. The summed E-state index contributed by atoms with van der Waals surface area (Å²) in [5, 5.41) is 11.0. The first kappa shape index (κ1) is 17.5. The third-order valence-electron chi connectivity index (χ3n) is 5.11. The molecule has 0 saturated carbocycles. The van der Waals surface area contributed by atoms with Crippen LogP contribution < -0.4 is 0 Å². The summed E-state index contributed by atoms with van der Waals surface area (Å²) >= 11 is 0. The summed E-state index contributed by atoms with van der Waals surface area (Å²) in [5.41, 5.74) is 2.83. The van der Waals surface area contributed by atoms with Crippen LogP contribution in [-0.2, 0) is 4.74 Å². The minimum Gasteiger partial charge on any atom is -0.362 e. The molecule has 0 aromatic rings. The number of aliphatic hydroxyl groups is 1. The van der Waals surface area contributed by atoms with E-state index in [4.69, 9.17) is 4.74 Å². The van der Waals surface area contributed by atoms with Crippen LogP contribution in [0.25, 0.3) is 0 Å². The van der Waals surface area contributed by atoms with Gasteiger partial charge in [0.2, 0.25) is 0 Å². The molecule has 0 unspecified atom stereocenters. The molecule has 4 atom stereocenters. The highest BCUT2D eigenvalue weighted by molar-refractivity contribution is 5.15. The van der Waals surface area contributed by atoms with Crippen molar-refractivity contribution in [1.29, 1.82) is 0 Å². The Morgan fingerprint density at radius 1 is 1.27 bits per heavy atom. The number of fused-ring (bicyclic) bond motifs is 1. The van der Waals surface area contributed by atoms with Gasteiger partial charge in [-0.15, -0.1) is 0 Å². The number of hydrogen-bond acceptors (Lipinski definition) is 2. The van der Waals surface area contributed by atoms with Crippen LogP contribution >= 0.6 is 0 Å². The summed E-state index contributed by atoms with van der Waals surface area (Å²) in [7, 11) is 0. The minimum absolute atomic E-state index is 0.0303. The van der Waals surface area contributed by atoms with Gasteiger partial charge in [0.15, 0.2) is 5.79 Å². The van der Waals surface area contributed by atoms with Gasteiger partial charge < -0.3 is 9.84 Å². The second-order valence-corrected chi connectivity index (χ2v) is 7.53. The quantitative estimate of drug-likeness (QED) is 0.727. The van der Waals surface area contributed by atoms with Crippen molar-refractivity contribution in [3.63, 3.8) is 0 Å². The Morgan fingerprint density at radius 3 is 2.68 bits per heavy atom. The first-order valence-electron chi connectivity index (χ1n) is 8.74. The summed E-state index contributed by atoms with van der Waals surface area (Å²) < 4.78 is 6.13. The van der Waals surface area contributed by atoms with Gasteiger partial charge in [-0.05, 0) is 57.4 Å². The van der Waals surface area contributed by atoms with E-state index >= 15 is 0 Å². The average molecular weight is 304 g/mol. The van der Waals surface area contributed by atoms with Gasteiger partial charge in [0.1, 0.15) is 0 Å². The van der Waals surface area contributed by atoms with Crippen LogP contribution in [0.3, 0.4) is 0 Å². The van der Waals surface area contributed by atoms with Gasteiger partial charge in [0, 0.05) is 5.92 Å². The molecular formula is C20H32O2. The lowest BCUT2D eigenvalue weighted by molar-refractivity contribution is -0.164. The highest BCUT2D eigenvalue weighted by Gasteiger charge is 2.49. The topological polar surface area (TPSA) is 29.5 Å². The molecular weight excluding hydrogens is 272 g/mol. The lowest BCUT2D eigenvalue weighted by Crippen LogP contribution is -2.32. The van der Waals surface area contributed by atoms with Gasteiger partial charge in [-0.3, -0.25) is 0 Å². The second-order valence-electron chi connectivity index (χ2n) is 7.53. The monoisotopic (exact) mass is 304 g/mol. The smallest absolute Gasteiger partial charge is 0.188 e. The zero-order valence-corrected chi connectivity index (χ0v) is 14.8. The van der Waals surface area contributed by atoms with E-state index in [-0.39, 0.29) is 12.0 Å². The lowest BCUT2D eigenvalue weighted by Gasteiger charge is -2.25. The fourth-order valence-electron chi connectivity index (χ4n) is 3.50. The molecule has 0 spiro atoms. The molecule has 124 valence electrons. The molecule has 0 radical (unpaired) electrons. The van der Waals surface area contributed by atoms with Crippen LogP contribution in [0.4, 0.5) is 0 Å². The van der Waals surface area contributed by atoms with E-state index in [0.29, 0.717) is 11.8 Å². The molecule has 2 rings (SSSR count). The zero-order chi connectivity index (χ0) is 16.3.